The molecule has 0 amide bonds. The van der Waals surface area contributed by atoms with Crippen LogP contribution in [0.1, 0.15) is 102 Å². The lowest BCUT2D eigenvalue weighted by molar-refractivity contribution is 0.156. The second kappa shape index (κ2) is 11.2. The van der Waals surface area contributed by atoms with Crippen LogP contribution in [0.15, 0.2) is 24.3 Å². The molecule has 162 valence electrons. The Kier molecular flexibility index (Phi) is 8.68. The summed E-state index contributed by atoms with van der Waals surface area (Å²) < 4.78 is 40.3. The van der Waals surface area contributed by atoms with Gasteiger partial charge in [0.25, 0.3) is 0 Å². The highest BCUT2D eigenvalue weighted by Crippen LogP contribution is 2.44. The fourth-order valence-electron chi connectivity index (χ4n) is 5.61. The first-order valence-electron chi connectivity index (χ1n) is 11.9. The van der Waals surface area contributed by atoms with Gasteiger partial charge >= 0.3 is 0 Å². The normalized spacial score (nSPS) is 28.1. The highest BCUT2D eigenvalue weighted by Gasteiger charge is 2.31. The molecule has 2 aliphatic carbocycles. The molecular formula is C26H37F3. The molecule has 0 N–H and O–H groups in total. The number of rotatable bonds is 8. The smallest absolute Gasteiger partial charge is 0.194 e. The van der Waals surface area contributed by atoms with Crippen LogP contribution >= 0.6 is 0 Å². The fourth-order valence-corrected chi connectivity index (χ4v) is 5.61. The Bertz CT molecular complexity index is 627. The minimum Gasteiger partial charge on any atom is -0.204 e. The number of hydrogen-bond donors (Lipinski definition) is 0. The Morgan fingerprint density at radius 2 is 1.34 bits per heavy atom. The van der Waals surface area contributed by atoms with Crippen LogP contribution in [0.2, 0.25) is 0 Å². The zero-order valence-corrected chi connectivity index (χ0v) is 17.9. The maximum atomic E-state index is 13.5. The van der Waals surface area contributed by atoms with Gasteiger partial charge in [0, 0.05) is 0 Å². The Morgan fingerprint density at radius 3 is 1.93 bits per heavy atom. The largest absolute Gasteiger partial charge is 0.204 e. The van der Waals surface area contributed by atoms with Crippen molar-refractivity contribution in [2.75, 3.05) is 0 Å². The topological polar surface area (TPSA) is 0 Å². The van der Waals surface area contributed by atoms with Crippen molar-refractivity contribution in [3.8, 4) is 0 Å². The predicted octanol–water partition coefficient (Wildman–Crippen LogP) is 8.71. The molecule has 1 aromatic carbocycles. The van der Waals surface area contributed by atoms with E-state index in [0.717, 1.165) is 43.4 Å². The molecule has 2 saturated carbocycles. The lowest BCUT2D eigenvalue weighted by Gasteiger charge is -2.38. The average molecular weight is 407 g/mol. The zero-order valence-electron chi connectivity index (χ0n) is 17.9. The molecule has 0 nitrogen and oxygen atoms in total. The quantitative estimate of drug-likeness (QED) is 0.230. The van der Waals surface area contributed by atoms with E-state index < -0.39 is 17.5 Å². The minimum absolute atomic E-state index is 0.174. The van der Waals surface area contributed by atoms with Crippen molar-refractivity contribution >= 4 is 0 Å². The van der Waals surface area contributed by atoms with Crippen molar-refractivity contribution < 1.29 is 13.2 Å². The molecule has 0 aliphatic heterocycles. The van der Waals surface area contributed by atoms with Crippen LogP contribution in [0, 0.1) is 35.2 Å². The standard InChI is InChI=1S/C26H37F3/c1-2-3-4-5-6-7-8-19-9-11-20(12-10-19)21-13-15-22(16-14-21)23-17-24(27)26(29)25(28)18-23/h4-5,17-22H,2-3,6-16H2,1H3. The van der Waals surface area contributed by atoms with E-state index in [4.69, 9.17) is 0 Å². The molecule has 0 atom stereocenters. The van der Waals surface area contributed by atoms with E-state index in [1.807, 2.05) is 0 Å². The molecule has 3 heteroatoms. The minimum atomic E-state index is -1.35. The summed E-state index contributed by atoms with van der Waals surface area (Å²) in [6, 6.07) is 2.40. The molecule has 0 aromatic heterocycles. The monoisotopic (exact) mass is 406 g/mol. The van der Waals surface area contributed by atoms with Gasteiger partial charge in [-0.05, 0) is 99.2 Å². The molecule has 2 fully saturated rings. The second-order valence-corrected chi connectivity index (χ2v) is 9.38. The predicted molar refractivity (Wildman–Crippen MR) is 114 cm³/mol. The number of hydrogen-bond acceptors (Lipinski definition) is 0. The van der Waals surface area contributed by atoms with Gasteiger partial charge in [-0.2, -0.15) is 0 Å². The third-order valence-corrected chi connectivity index (χ3v) is 7.41. The second-order valence-electron chi connectivity index (χ2n) is 9.38. The molecule has 2 aliphatic rings. The van der Waals surface area contributed by atoms with E-state index >= 15 is 0 Å². The van der Waals surface area contributed by atoms with E-state index in [1.165, 1.54) is 69.9 Å². The van der Waals surface area contributed by atoms with Crippen LogP contribution in [0.5, 0.6) is 0 Å². The summed E-state index contributed by atoms with van der Waals surface area (Å²) in [6.45, 7) is 2.22. The van der Waals surface area contributed by atoms with Gasteiger partial charge < -0.3 is 0 Å². The molecule has 0 heterocycles. The number of halogens is 3. The molecule has 1 aromatic rings. The zero-order chi connectivity index (χ0) is 20.6. The van der Waals surface area contributed by atoms with E-state index in [2.05, 4.69) is 19.1 Å². The third-order valence-electron chi connectivity index (χ3n) is 7.41. The molecule has 0 unspecified atom stereocenters. The first-order chi connectivity index (χ1) is 14.1. The molecule has 0 saturated heterocycles. The molecule has 29 heavy (non-hydrogen) atoms. The first kappa shape index (κ1) is 22.4. The van der Waals surface area contributed by atoms with Gasteiger partial charge in [0.1, 0.15) is 0 Å². The Balaban J connectivity index is 1.38. The third kappa shape index (κ3) is 6.36. The van der Waals surface area contributed by atoms with Crippen LogP contribution in [0.4, 0.5) is 13.2 Å². The molecular weight excluding hydrogens is 369 g/mol. The summed E-state index contributed by atoms with van der Waals surface area (Å²) in [5.41, 5.74) is 0.636. The SMILES string of the molecule is CCCC=CCCCC1CCC(C2CCC(c3cc(F)c(F)c(F)c3)CC2)CC1. The highest BCUT2D eigenvalue weighted by molar-refractivity contribution is 5.23. The van der Waals surface area contributed by atoms with Crippen LogP contribution in [-0.4, -0.2) is 0 Å². The van der Waals surface area contributed by atoms with Gasteiger partial charge in [-0.3, -0.25) is 0 Å². The fraction of sp³-hybridized carbons (Fsp3) is 0.692. The van der Waals surface area contributed by atoms with Gasteiger partial charge in [-0.1, -0.05) is 44.8 Å². The molecule has 0 radical (unpaired) electrons. The summed E-state index contributed by atoms with van der Waals surface area (Å²) in [4.78, 5) is 0. The average Bonchev–Trinajstić information content (AvgIpc) is 2.75. The van der Waals surface area contributed by atoms with Crippen LogP contribution < -0.4 is 0 Å². The van der Waals surface area contributed by atoms with Crippen LogP contribution in [-0.2, 0) is 0 Å². The molecule has 0 spiro atoms. The lowest BCUT2D eigenvalue weighted by Crippen LogP contribution is -2.25. The maximum absolute atomic E-state index is 13.5. The van der Waals surface area contributed by atoms with Crippen molar-refractivity contribution in [2.24, 2.45) is 17.8 Å². The van der Waals surface area contributed by atoms with E-state index in [-0.39, 0.29) is 5.92 Å². The number of allylic oxidation sites excluding steroid dienone is 2. The summed E-state index contributed by atoms with van der Waals surface area (Å²) in [7, 11) is 0. The van der Waals surface area contributed by atoms with Gasteiger partial charge in [0.2, 0.25) is 0 Å². The van der Waals surface area contributed by atoms with E-state index in [9.17, 15) is 13.2 Å². The molecule has 0 bridgehead atoms. The van der Waals surface area contributed by atoms with Crippen molar-refractivity contribution in [3.63, 3.8) is 0 Å². The van der Waals surface area contributed by atoms with Gasteiger partial charge in [0.05, 0.1) is 0 Å². The Morgan fingerprint density at radius 1 is 0.793 bits per heavy atom. The summed E-state index contributed by atoms with van der Waals surface area (Å²) in [5, 5.41) is 0. The van der Waals surface area contributed by atoms with E-state index in [1.54, 1.807) is 0 Å². The Hall–Kier alpha value is -1.25. The van der Waals surface area contributed by atoms with Crippen molar-refractivity contribution in [1.29, 1.82) is 0 Å². The number of unbranched alkanes of at least 4 members (excludes halogenated alkanes) is 2. The summed E-state index contributed by atoms with van der Waals surface area (Å²) in [5.74, 6) is -0.781. The first-order valence-corrected chi connectivity index (χ1v) is 11.9. The summed E-state index contributed by atoms with van der Waals surface area (Å²) in [6.07, 6.45) is 20.7. The lowest BCUT2D eigenvalue weighted by atomic mass is 9.68. The maximum Gasteiger partial charge on any atom is 0.194 e. The van der Waals surface area contributed by atoms with Crippen LogP contribution in [0.25, 0.3) is 0 Å². The van der Waals surface area contributed by atoms with Gasteiger partial charge in [-0.25, -0.2) is 13.2 Å². The summed E-state index contributed by atoms with van der Waals surface area (Å²) >= 11 is 0. The van der Waals surface area contributed by atoms with E-state index in [0.29, 0.717) is 5.56 Å². The number of benzene rings is 1. The van der Waals surface area contributed by atoms with Gasteiger partial charge in [0.15, 0.2) is 17.5 Å². The van der Waals surface area contributed by atoms with Crippen LogP contribution in [0.3, 0.4) is 0 Å². The van der Waals surface area contributed by atoms with Crippen molar-refractivity contribution in [2.45, 2.75) is 96.3 Å². The molecule has 3 rings (SSSR count). The van der Waals surface area contributed by atoms with Crippen molar-refractivity contribution in [3.05, 3.63) is 47.3 Å². The Labute approximate surface area is 175 Å². The van der Waals surface area contributed by atoms with Gasteiger partial charge in [-0.15, -0.1) is 0 Å². The van der Waals surface area contributed by atoms with Crippen molar-refractivity contribution in [1.82, 2.24) is 0 Å². The highest BCUT2D eigenvalue weighted by atomic mass is 19.2.